The summed E-state index contributed by atoms with van der Waals surface area (Å²) >= 11 is 1.78. The van der Waals surface area contributed by atoms with E-state index < -0.39 is 0 Å². The van der Waals surface area contributed by atoms with Crippen molar-refractivity contribution >= 4 is 23.0 Å². The van der Waals surface area contributed by atoms with Gasteiger partial charge in [-0.15, -0.1) is 11.3 Å². The maximum atomic E-state index is 4.68. The number of anilines is 2. The maximum absolute atomic E-state index is 4.68. The van der Waals surface area contributed by atoms with E-state index in [0.29, 0.717) is 5.95 Å². The van der Waals surface area contributed by atoms with Crippen LogP contribution in [0.3, 0.4) is 0 Å². The average Bonchev–Trinajstić information content (AvgIpc) is 3.17. The Morgan fingerprint density at radius 2 is 1.85 bits per heavy atom. The molecular weight excluding hydrogens is 352 g/mol. The first-order chi connectivity index (χ1) is 13.3. The average molecular weight is 372 g/mol. The lowest BCUT2D eigenvalue weighted by atomic mass is 10.2. The highest BCUT2D eigenvalue weighted by Gasteiger charge is 2.07. The SMILES string of the molecule is Cc1cccc(Nc2nccc(-c3ccc(CCc4ccccn4)s3)n2)c1. The first-order valence-electron chi connectivity index (χ1n) is 8.92. The van der Waals surface area contributed by atoms with E-state index in [9.17, 15) is 0 Å². The molecule has 4 aromatic rings. The molecule has 0 aliphatic carbocycles. The van der Waals surface area contributed by atoms with Gasteiger partial charge in [-0.25, -0.2) is 9.97 Å². The third-order valence-corrected chi connectivity index (χ3v) is 5.37. The zero-order valence-corrected chi connectivity index (χ0v) is 15.9. The van der Waals surface area contributed by atoms with E-state index in [0.717, 1.165) is 34.8 Å². The molecule has 4 nitrogen and oxygen atoms in total. The van der Waals surface area contributed by atoms with Gasteiger partial charge in [0.15, 0.2) is 0 Å². The summed E-state index contributed by atoms with van der Waals surface area (Å²) in [6, 6.07) is 20.5. The van der Waals surface area contributed by atoms with E-state index in [1.165, 1.54) is 10.4 Å². The monoisotopic (exact) mass is 372 g/mol. The molecular formula is C22H20N4S. The Kier molecular flexibility index (Phi) is 5.21. The van der Waals surface area contributed by atoms with Gasteiger partial charge >= 0.3 is 0 Å². The fourth-order valence-corrected chi connectivity index (χ4v) is 3.83. The molecule has 0 fully saturated rings. The van der Waals surface area contributed by atoms with Crippen molar-refractivity contribution in [3.8, 4) is 10.6 Å². The van der Waals surface area contributed by atoms with Crippen LogP contribution >= 0.6 is 11.3 Å². The lowest BCUT2D eigenvalue weighted by Crippen LogP contribution is -1.97. The molecule has 1 aromatic carbocycles. The zero-order valence-electron chi connectivity index (χ0n) is 15.1. The van der Waals surface area contributed by atoms with Crippen LogP contribution in [0.1, 0.15) is 16.1 Å². The number of hydrogen-bond donors (Lipinski definition) is 1. The number of pyridine rings is 1. The van der Waals surface area contributed by atoms with E-state index in [2.05, 4.69) is 57.5 Å². The molecule has 0 spiro atoms. The summed E-state index contributed by atoms with van der Waals surface area (Å²) in [4.78, 5) is 15.9. The lowest BCUT2D eigenvalue weighted by Gasteiger charge is -2.06. The molecule has 0 bridgehead atoms. The third-order valence-electron chi connectivity index (χ3n) is 4.20. The van der Waals surface area contributed by atoms with Crippen LogP contribution < -0.4 is 5.32 Å². The van der Waals surface area contributed by atoms with E-state index in [1.807, 2.05) is 36.5 Å². The van der Waals surface area contributed by atoms with Crippen molar-refractivity contribution in [2.45, 2.75) is 19.8 Å². The Morgan fingerprint density at radius 1 is 0.889 bits per heavy atom. The number of benzene rings is 1. The highest BCUT2D eigenvalue weighted by Crippen LogP contribution is 2.28. The van der Waals surface area contributed by atoms with Gasteiger partial charge in [-0.1, -0.05) is 18.2 Å². The highest BCUT2D eigenvalue weighted by molar-refractivity contribution is 7.15. The predicted octanol–water partition coefficient (Wildman–Crippen LogP) is 5.44. The molecule has 0 saturated heterocycles. The van der Waals surface area contributed by atoms with Crippen molar-refractivity contribution in [2.24, 2.45) is 0 Å². The maximum Gasteiger partial charge on any atom is 0.227 e. The normalized spacial score (nSPS) is 10.7. The molecule has 0 aliphatic heterocycles. The van der Waals surface area contributed by atoms with Crippen LogP contribution in [-0.4, -0.2) is 15.0 Å². The smallest absolute Gasteiger partial charge is 0.227 e. The minimum atomic E-state index is 0.613. The number of aryl methyl sites for hydroxylation is 3. The van der Waals surface area contributed by atoms with Gasteiger partial charge in [0, 0.05) is 28.7 Å². The molecule has 0 amide bonds. The minimum absolute atomic E-state index is 0.613. The Hall–Kier alpha value is -3.05. The topological polar surface area (TPSA) is 50.7 Å². The summed E-state index contributed by atoms with van der Waals surface area (Å²) in [6.45, 7) is 2.07. The van der Waals surface area contributed by atoms with Gasteiger partial charge in [-0.3, -0.25) is 4.98 Å². The molecule has 0 radical (unpaired) electrons. The van der Waals surface area contributed by atoms with Crippen LogP contribution in [0.2, 0.25) is 0 Å². The zero-order chi connectivity index (χ0) is 18.5. The molecule has 0 atom stereocenters. The lowest BCUT2D eigenvalue weighted by molar-refractivity contribution is 0.928. The molecule has 134 valence electrons. The molecule has 3 aromatic heterocycles. The van der Waals surface area contributed by atoms with Crippen molar-refractivity contribution in [1.29, 1.82) is 0 Å². The minimum Gasteiger partial charge on any atom is -0.324 e. The Morgan fingerprint density at radius 3 is 2.70 bits per heavy atom. The summed E-state index contributed by atoms with van der Waals surface area (Å²) in [5.41, 5.74) is 4.26. The fourth-order valence-electron chi connectivity index (χ4n) is 2.86. The first-order valence-corrected chi connectivity index (χ1v) is 9.74. The number of nitrogens with zero attached hydrogens (tertiary/aromatic N) is 3. The van der Waals surface area contributed by atoms with E-state index >= 15 is 0 Å². The Labute approximate surface area is 163 Å². The van der Waals surface area contributed by atoms with Crippen molar-refractivity contribution in [3.63, 3.8) is 0 Å². The van der Waals surface area contributed by atoms with Crippen molar-refractivity contribution in [2.75, 3.05) is 5.32 Å². The van der Waals surface area contributed by atoms with E-state index in [1.54, 1.807) is 17.5 Å². The summed E-state index contributed by atoms with van der Waals surface area (Å²) in [5, 5.41) is 3.28. The third kappa shape index (κ3) is 4.57. The van der Waals surface area contributed by atoms with Gasteiger partial charge in [0.1, 0.15) is 0 Å². The van der Waals surface area contributed by atoms with Crippen LogP contribution in [0.15, 0.2) is 73.1 Å². The number of thiophene rings is 1. The molecule has 3 heterocycles. The molecule has 0 aliphatic rings. The molecule has 5 heteroatoms. The molecule has 1 N–H and O–H groups in total. The standard InChI is InChI=1S/C22H20N4S/c1-16-5-4-7-18(15-16)25-22-24-14-12-20(26-22)21-11-10-19(27-21)9-8-17-6-2-3-13-23-17/h2-7,10-15H,8-9H2,1H3,(H,24,25,26). The van der Waals surface area contributed by atoms with Crippen molar-refractivity contribution < 1.29 is 0 Å². The number of hydrogen-bond acceptors (Lipinski definition) is 5. The van der Waals surface area contributed by atoms with Crippen LogP contribution in [-0.2, 0) is 12.8 Å². The fraction of sp³-hybridized carbons (Fsp3) is 0.136. The number of rotatable bonds is 6. The Balaban J connectivity index is 1.46. The highest BCUT2D eigenvalue weighted by atomic mass is 32.1. The van der Waals surface area contributed by atoms with Crippen molar-refractivity contribution in [3.05, 3.63) is 89.2 Å². The van der Waals surface area contributed by atoms with Crippen LogP contribution in [0, 0.1) is 6.92 Å². The van der Waals surface area contributed by atoms with Gasteiger partial charge in [0.05, 0.1) is 10.6 Å². The largest absolute Gasteiger partial charge is 0.324 e. The number of nitrogens with one attached hydrogen (secondary N) is 1. The van der Waals surface area contributed by atoms with Gasteiger partial charge in [0.2, 0.25) is 5.95 Å². The second-order valence-corrected chi connectivity index (χ2v) is 7.52. The quantitative estimate of drug-likeness (QED) is 0.490. The first kappa shape index (κ1) is 17.4. The van der Waals surface area contributed by atoms with E-state index in [-0.39, 0.29) is 0 Å². The van der Waals surface area contributed by atoms with Crippen molar-refractivity contribution in [1.82, 2.24) is 15.0 Å². The molecule has 0 unspecified atom stereocenters. The van der Waals surface area contributed by atoms with Gasteiger partial charge in [-0.05, 0) is 67.8 Å². The van der Waals surface area contributed by atoms with Crippen LogP contribution in [0.25, 0.3) is 10.6 Å². The predicted molar refractivity (Wildman–Crippen MR) is 111 cm³/mol. The second kappa shape index (κ2) is 8.10. The summed E-state index contributed by atoms with van der Waals surface area (Å²) in [5.74, 6) is 0.613. The summed E-state index contributed by atoms with van der Waals surface area (Å²) in [7, 11) is 0. The van der Waals surface area contributed by atoms with Crippen LogP contribution in [0.4, 0.5) is 11.6 Å². The van der Waals surface area contributed by atoms with Gasteiger partial charge < -0.3 is 5.32 Å². The van der Waals surface area contributed by atoms with Crippen LogP contribution in [0.5, 0.6) is 0 Å². The Bertz CT molecular complexity index is 1030. The summed E-state index contributed by atoms with van der Waals surface area (Å²) < 4.78 is 0. The van der Waals surface area contributed by atoms with E-state index in [4.69, 9.17) is 0 Å². The second-order valence-electron chi connectivity index (χ2n) is 6.35. The van der Waals surface area contributed by atoms with Gasteiger partial charge in [0.25, 0.3) is 0 Å². The number of aromatic nitrogens is 3. The summed E-state index contributed by atoms with van der Waals surface area (Å²) in [6.07, 6.45) is 5.58. The molecule has 27 heavy (non-hydrogen) atoms. The molecule has 4 rings (SSSR count). The van der Waals surface area contributed by atoms with Gasteiger partial charge in [-0.2, -0.15) is 0 Å². The molecule has 0 saturated carbocycles.